The molecular weight excluding hydrogens is 306 g/mol. The third-order valence-corrected chi connectivity index (χ3v) is 2.83. The summed E-state index contributed by atoms with van der Waals surface area (Å²) in [5, 5.41) is 7.81. The van der Waals surface area contributed by atoms with Crippen LogP contribution in [0.1, 0.15) is 12.6 Å². The number of halogens is 1. The molecule has 0 aliphatic carbocycles. The highest BCUT2D eigenvalue weighted by atomic mass is 35.5. The fourth-order valence-corrected chi connectivity index (χ4v) is 1.84. The lowest BCUT2D eigenvalue weighted by Crippen LogP contribution is -2.38. The highest BCUT2D eigenvalue weighted by molar-refractivity contribution is 7.07. The number of hydrogen-bond donors (Lipinski definition) is 1. The second-order valence-corrected chi connectivity index (χ2v) is 4.45. The number of oxime groups is 1. The van der Waals surface area contributed by atoms with Gasteiger partial charge in [0.1, 0.15) is 5.88 Å². The topological polar surface area (TPSA) is 89.9 Å². The molecule has 1 aromatic rings. The van der Waals surface area contributed by atoms with Crippen LogP contribution in [0.25, 0.3) is 0 Å². The maximum atomic E-state index is 11.3. The Morgan fingerprint density at radius 3 is 3.05 bits per heavy atom. The highest BCUT2D eigenvalue weighted by Crippen LogP contribution is 2.05. The Labute approximate surface area is 124 Å². The molecule has 1 heterocycles. The third kappa shape index (κ3) is 6.48. The van der Waals surface area contributed by atoms with Gasteiger partial charge in [-0.1, -0.05) is 5.16 Å². The summed E-state index contributed by atoms with van der Waals surface area (Å²) in [6.07, 6.45) is 0.450. The SMILES string of the molecule is CCOC(=O)C=NOC(Cc1cscn1)NC(=O)CCl. The largest absolute Gasteiger partial charge is 0.462 e. The van der Waals surface area contributed by atoms with Crippen molar-refractivity contribution in [1.29, 1.82) is 0 Å². The van der Waals surface area contributed by atoms with Gasteiger partial charge in [0, 0.05) is 11.8 Å². The van der Waals surface area contributed by atoms with Crippen LogP contribution in [0.5, 0.6) is 0 Å². The predicted octanol–water partition coefficient (Wildman–Crippen LogP) is 0.932. The first-order valence-corrected chi connectivity index (χ1v) is 7.21. The summed E-state index contributed by atoms with van der Waals surface area (Å²) >= 11 is 6.83. The second-order valence-electron chi connectivity index (χ2n) is 3.47. The van der Waals surface area contributed by atoms with Gasteiger partial charge in [-0.2, -0.15) is 0 Å². The van der Waals surface area contributed by atoms with E-state index in [1.54, 1.807) is 12.4 Å². The monoisotopic (exact) mass is 319 g/mol. The molecule has 0 aromatic carbocycles. The van der Waals surface area contributed by atoms with E-state index in [9.17, 15) is 9.59 Å². The van der Waals surface area contributed by atoms with E-state index in [2.05, 4.69) is 20.2 Å². The average molecular weight is 320 g/mol. The van der Waals surface area contributed by atoms with Gasteiger partial charge in [0.15, 0.2) is 6.21 Å². The molecule has 0 bridgehead atoms. The minimum Gasteiger partial charge on any atom is -0.462 e. The Bertz CT molecular complexity index is 453. The molecule has 0 spiro atoms. The van der Waals surface area contributed by atoms with Gasteiger partial charge in [-0.25, -0.2) is 9.78 Å². The molecule has 1 N–H and O–H groups in total. The molecule has 1 amide bonds. The number of ether oxygens (including phenoxy) is 1. The minimum absolute atomic E-state index is 0.196. The van der Waals surface area contributed by atoms with Crippen molar-refractivity contribution in [2.75, 3.05) is 12.5 Å². The fourth-order valence-electron chi connectivity index (χ4n) is 1.19. The molecule has 0 fully saturated rings. The average Bonchev–Trinajstić information content (AvgIpc) is 2.91. The van der Waals surface area contributed by atoms with Crippen molar-refractivity contribution in [2.24, 2.45) is 5.16 Å². The number of hydrogen-bond acceptors (Lipinski definition) is 7. The van der Waals surface area contributed by atoms with E-state index >= 15 is 0 Å². The lowest BCUT2D eigenvalue weighted by Gasteiger charge is -2.14. The van der Waals surface area contributed by atoms with Gasteiger partial charge in [0.25, 0.3) is 0 Å². The van der Waals surface area contributed by atoms with E-state index < -0.39 is 18.1 Å². The molecule has 9 heteroatoms. The van der Waals surface area contributed by atoms with E-state index in [0.29, 0.717) is 6.42 Å². The van der Waals surface area contributed by atoms with Gasteiger partial charge in [-0.05, 0) is 6.92 Å². The normalized spacial score (nSPS) is 12.1. The van der Waals surface area contributed by atoms with E-state index in [1.165, 1.54) is 11.3 Å². The number of esters is 1. The molecule has 1 aromatic heterocycles. The maximum absolute atomic E-state index is 11.3. The second kappa shape index (κ2) is 9.27. The van der Waals surface area contributed by atoms with Crippen LogP contribution in [0.2, 0.25) is 0 Å². The van der Waals surface area contributed by atoms with Crippen LogP contribution in [0.3, 0.4) is 0 Å². The number of carbonyl (C=O) groups is 2. The predicted molar refractivity (Wildman–Crippen MR) is 74.7 cm³/mol. The van der Waals surface area contributed by atoms with E-state index in [4.69, 9.17) is 16.4 Å². The summed E-state index contributed by atoms with van der Waals surface area (Å²) in [7, 11) is 0. The fraction of sp³-hybridized carbons (Fsp3) is 0.455. The Kier molecular flexibility index (Phi) is 7.59. The Balaban J connectivity index is 2.53. The molecule has 20 heavy (non-hydrogen) atoms. The molecule has 0 radical (unpaired) electrons. The van der Waals surface area contributed by atoms with Gasteiger partial charge >= 0.3 is 5.97 Å². The maximum Gasteiger partial charge on any atom is 0.352 e. The van der Waals surface area contributed by atoms with Crippen molar-refractivity contribution in [1.82, 2.24) is 10.3 Å². The Morgan fingerprint density at radius 1 is 1.65 bits per heavy atom. The third-order valence-electron chi connectivity index (χ3n) is 1.95. The summed E-state index contributed by atoms with van der Waals surface area (Å²) in [6.45, 7) is 1.93. The smallest absolute Gasteiger partial charge is 0.352 e. The molecule has 0 saturated heterocycles. The summed E-state index contributed by atoms with van der Waals surface area (Å²) < 4.78 is 4.64. The van der Waals surface area contributed by atoms with Crippen molar-refractivity contribution >= 4 is 41.0 Å². The number of nitrogens with one attached hydrogen (secondary N) is 1. The number of alkyl halides is 1. The first-order chi connectivity index (χ1) is 9.65. The summed E-state index contributed by atoms with van der Waals surface area (Å²) in [5.74, 6) is -1.22. The van der Waals surface area contributed by atoms with Crippen molar-refractivity contribution in [2.45, 2.75) is 19.6 Å². The van der Waals surface area contributed by atoms with Gasteiger partial charge in [-0.15, -0.1) is 22.9 Å². The number of thiazole rings is 1. The zero-order valence-electron chi connectivity index (χ0n) is 10.7. The van der Waals surface area contributed by atoms with Crippen LogP contribution < -0.4 is 5.32 Å². The van der Waals surface area contributed by atoms with Crippen LogP contribution in [-0.4, -0.2) is 41.8 Å². The zero-order valence-corrected chi connectivity index (χ0v) is 12.3. The van der Waals surface area contributed by atoms with E-state index in [1.807, 2.05) is 5.38 Å². The summed E-state index contributed by atoms with van der Waals surface area (Å²) in [6, 6.07) is 0. The zero-order chi connectivity index (χ0) is 14.8. The molecule has 0 saturated carbocycles. The number of nitrogens with zero attached hydrogens (tertiary/aromatic N) is 2. The first kappa shape index (κ1) is 16.4. The standard InChI is InChI=1S/C11H14ClN3O4S/c1-2-18-11(17)5-14-19-10(15-9(16)4-12)3-8-6-20-7-13-8/h5-7,10H,2-4H2,1H3,(H,15,16). The Morgan fingerprint density at radius 2 is 2.45 bits per heavy atom. The molecule has 1 rings (SSSR count). The van der Waals surface area contributed by atoms with Gasteiger partial charge in [-0.3, -0.25) is 4.79 Å². The number of aromatic nitrogens is 1. The van der Waals surface area contributed by atoms with Gasteiger partial charge in [0.05, 0.1) is 17.8 Å². The van der Waals surface area contributed by atoms with E-state index in [0.717, 1.165) is 11.9 Å². The molecule has 0 aliphatic rings. The molecule has 7 nitrogen and oxygen atoms in total. The van der Waals surface area contributed by atoms with Crippen molar-refractivity contribution in [3.05, 3.63) is 16.6 Å². The van der Waals surface area contributed by atoms with Crippen LogP contribution in [0.4, 0.5) is 0 Å². The van der Waals surface area contributed by atoms with Crippen LogP contribution >= 0.6 is 22.9 Å². The van der Waals surface area contributed by atoms with Crippen molar-refractivity contribution in [3.63, 3.8) is 0 Å². The number of rotatable bonds is 8. The van der Waals surface area contributed by atoms with Crippen molar-refractivity contribution < 1.29 is 19.2 Å². The highest BCUT2D eigenvalue weighted by Gasteiger charge is 2.15. The van der Waals surface area contributed by atoms with Crippen LogP contribution in [0, 0.1) is 0 Å². The summed E-state index contributed by atoms with van der Waals surface area (Å²) in [5.41, 5.74) is 2.40. The molecule has 1 atom stereocenters. The number of amides is 1. The summed E-state index contributed by atoms with van der Waals surface area (Å²) in [4.78, 5) is 31.4. The van der Waals surface area contributed by atoms with Crippen molar-refractivity contribution in [3.8, 4) is 0 Å². The molecule has 1 unspecified atom stereocenters. The molecular formula is C11H14ClN3O4S. The van der Waals surface area contributed by atoms with E-state index in [-0.39, 0.29) is 12.5 Å². The lowest BCUT2D eigenvalue weighted by molar-refractivity contribution is -0.134. The number of carbonyl (C=O) groups excluding carboxylic acids is 2. The van der Waals surface area contributed by atoms with Gasteiger partial charge < -0.3 is 14.9 Å². The van der Waals surface area contributed by atoms with Crippen LogP contribution in [-0.2, 0) is 25.6 Å². The first-order valence-electron chi connectivity index (χ1n) is 5.74. The minimum atomic E-state index is -0.756. The quantitative estimate of drug-likeness (QED) is 0.253. The molecule has 0 aliphatic heterocycles. The molecule has 110 valence electrons. The van der Waals surface area contributed by atoms with Crippen LogP contribution in [0.15, 0.2) is 16.0 Å². The van der Waals surface area contributed by atoms with Gasteiger partial charge in [0.2, 0.25) is 12.1 Å². The lowest BCUT2D eigenvalue weighted by atomic mass is 10.3. The Hall–Kier alpha value is -1.67.